The third-order valence-corrected chi connectivity index (χ3v) is 20.1. The number of fused-ring (bicyclic) bond motifs is 14. The van der Waals surface area contributed by atoms with Gasteiger partial charge in [-0.25, -0.2) is 0 Å². The molecule has 0 atom stereocenters. The van der Waals surface area contributed by atoms with Crippen LogP contribution in [0.15, 0.2) is 402 Å². The Hall–Kier alpha value is -13.2. The topological polar surface area (TPSA) is 51.4 Å². The Morgan fingerprint density at radius 2 is 0.563 bits per heavy atom. The molecule has 4 heterocycles. The third-order valence-electron chi connectivity index (χ3n) is 19.5. The van der Waals surface area contributed by atoms with Crippen molar-refractivity contribution >= 4 is 132 Å². The monoisotopic (exact) mass is 1380 g/mol. The molecule has 0 amide bonds. The molecule has 103 heavy (non-hydrogen) atoms. The van der Waals surface area contributed by atoms with E-state index in [1.165, 1.54) is 66.2 Å². The predicted octanol–water partition coefficient (Wildman–Crippen LogP) is 27.7. The molecular formula is C96H65BrN4O2. The van der Waals surface area contributed by atoms with E-state index in [0.717, 1.165) is 110 Å². The molecule has 20 aromatic rings. The van der Waals surface area contributed by atoms with Gasteiger partial charge in [0.25, 0.3) is 0 Å². The van der Waals surface area contributed by atoms with Crippen LogP contribution in [-0.2, 0) is 0 Å². The van der Waals surface area contributed by atoms with Gasteiger partial charge in [-0.1, -0.05) is 279 Å². The molecule has 16 aromatic carbocycles. The molecule has 0 aliphatic rings. The standard InChI is InChI=1S/C48H32N2O.C24H14BrNO.C24H19N/c1-4-14-33(15-5-1)35-24-28-38(29-25-35)49(39-30-26-36(27-31-39)34-16-6-2-7-17-34)44-32-42-40-20-10-12-22-43(40)50(37-18-8-3-9-19-37)47(42)48-46(44)41-21-11-13-23-45(41)51-48;25-19-14-18-16-10-4-6-12-20(16)26(15-8-2-1-3-9-15)23(18)24-22(19)17-11-5-7-13-21(17)27-24;1-3-7-19(8-4-1)21-11-15-23(16-12-21)25-24-17-13-22(14-18-24)20-9-5-2-6-10-20/h1-32H;1-14H;1-18,25H. The molecular weight excluding hydrogens is 1320 g/mol. The number of nitrogens with zero attached hydrogens (tertiary/aromatic N) is 3. The molecule has 0 aliphatic heterocycles. The highest BCUT2D eigenvalue weighted by atomic mass is 79.9. The van der Waals surface area contributed by atoms with Gasteiger partial charge in [-0.2, -0.15) is 0 Å². The van der Waals surface area contributed by atoms with Crippen molar-refractivity contribution in [3.8, 4) is 55.9 Å². The first-order valence-electron chi connectivity index (χ1n) is 34.7. The average Bonchev–Trinajstić information content (AvgIpc) is 1.56. The summed E-state index contributed by atoms with van der Waals surface area (Å²) in [6.45, 7) is 0. The molecule has 0 bridgehead atoms. The normalized spacial score (nSPS) is 11.3. The van der Waals surface area contributed by atoms with Crippen LogP contribution in [0.25, 0.3) is 143 Å². The van der Waals surface area contributed by atoms with Crippen LogP contribution in [0.2, 0.25) is 0 Å². The molecule has 4 aromatic heterocycles. The minimum absolute atomic E-state index is 0.866. The molecule has 0 aliphatic carbocycles. The molecule has 0 spiro atoms. The van der Waals surface area contributed by atoms with Gasteiger partial charge in [0.1, 0.15) is 11.2 Å². The number of para-hydroxylation sites is 6. The van der Waals surface area contributed by atoms with Gasteiger partial charge in [0, 0.05) is 76.3 Å². The molecule has 0 unspecified atom stereocenters. The first kappa shape index (κ1) is 62.1. The molecule has 20 rings (SSSR count). The van der Waals surface area contributed by atoms with E-state index in [1.54, 1.807) is 0 Å². The lowest BCUT2D eigenvalue weighted by Crippen LogP contribution is -2.10. The lowest BCUT2D eigenvalue weighted by molar-refractivity contribution is 0.670. The number of hydrogen-bond donors (Lipinski definition) is 1. The zero-order chi connectivity index (χ0) is 68.6. The van der Waals surface area contributed by atoms with E-state index in [0.29, 0.717) is 0 Å². The van der Waals surface area contributed by atoms with Gasteiger partial charge in [-0.3, -0.25) is 0 Å². The largest absolute Gasteiger partial charge is 0.454 e. The summed E-state index contributed by atoms with van der Waals surface area (Å²) >= 11 is 3.80. The molecule has 0 radical (unpaired) electrons. The second kappa shape index (κ2) is 27.1. The molecule has 0 saturated carbocycles. The van der Waals surface area contributed by atoms with Crippen molar-refractivity contribution in [2.75, 3.05) is 10.2 Å². The lowest BCUT2D eigenvalue weighted by atomic mass is 10.0. The molecule has 488 valence electrons. The summed E-state index contributed by atoms with van der Waals surface area (Å²) in [7, 11) is 0. The van der Waals surface area contributed by atoms with Crippen LogP contribution < -0.4 is 10.2 Å². The average molecular weight is 1390 g/mol. The minimum Gasteiger partial charge on any atom is -0.454 e. The molecule has 7 heteroatoms. The number of hydrogen-bond acceptors (Lipinski definition) is 4. The molecule has 0 saturated heterocycles. The quantitative estimate of drug-likeness (QED) is 0.140. The summed E-state index contributed by atoms with van der Waals surface area (Å²) < 4.78 is 19.0. The SMILES string of the molecule is Brc1cc2c3ccccc3n(-c3ccccc3)c2c2oc3ccccc3c12.c1ccc(-c2ccc(N(c3ccc(-c4ccccc4)cc3)c3cc4c5ccccc5n(-c5ccccc5)c4c4oc5ccccc5c34)cc2)cc1.c1ccc(-c2ccc(Nc3ccc(-c4ccccc4)cc3)cc2)cc1. The molecule has 1 N–H and O–H groups in total. The lowest BCUT2D eigenvalue weighted by Gasteiger charge is -2.27. The van der Waals surface area contributed by atoms with E-state index in [1.807, 2.05) is 30.3 Å². The van der Waals surface area contributed by atoms with Gasteiger partial charge in [-0.05, 0) is 170 Å². The van der Waals surface area contributed by atoms with E-state index < -0.39 is 0 Å². The Morgan fingerprint density at radius 1 is 0.262 bits per heavy atom. The first-order valence-corrected chi connectivity index (χ1v) is 35.5. The van der Waals surface area contributed by atoms with Crippen molar-refractivity contribution in [1.29, 1.82) is 0 Å². The highest BCUT2D eigenvalue weighted by molar-refractivity contribution is 9.10. The fourth-order valence-electron chi connectivity index (χ4n) is 14.7. The summed E-state index contributed by atoms with van der Waals surface area (Å²) in [5, 5.41) is 12.6. The van der Waals surface area contributed by atoms with Crippen LogP contribution in [0.4, 0.5) is 28.4 Å². The maximum absolute atomic E-state index is 6.93. The van der Waals surface area contributed by atoms with E-state index >= 15 is 0 Å². The van der Waals surface area contributed by atoms with E-state index in [4.69, 9.17) is 8.83 Å². The van der Waals surface area contributed by atoms with Crippen LogP contribution in [0.1, 0.15) is 0 Å². The van der Waals surface area contributed by atoms with E-state index in [-0.39, 0.29) is 0 Å². The summed E-state index contributed by atoms with van der Waals surface area (Å²) in [6, 6.07) is 136. The summed E-state index contributed by atoms with van der Waals surface area (Å²) in [4.78, 5) is 2.39. The molecule has 0 fully saturated rings. The van der Waals surface area contributed by atoms with Crippen LogP contribution in [0, 0.1) is 0 Å². The highest BCUT2D eigenvalue weighted by Crippen LogP contribution is 2.50. The maximum atomic E-state index is 6.93. The summed E-state index contributed by atoms with van der Waals surface area (Å²) in [5.74, 6) is 0. The number of halogens is 1. The first-order chi connectivity index (χ1) is 51.0. The van der Waals surface area contributed by atoms with Crippen LogP contribution in [-0.4, -0.2) is 9.13 Å². The second-order valence-electron chi connectivity index (χ2n) is 25.7. The number of furan rings is 2. The Balaban J connectivity index is 0.000000122. The fraction of sp³-hybridized carbons (Fsp3) is 0. The number of benzene rings is 16. The maximum Gasteiger partial charge on any atom is 0.162 e. The van der Waals surface area contributed by atoms with Crippen molar-refractivity contribution in [3.63, 3.8) is 0 Å². The van der Waals surface area contributed by atoms with Crippen LogP contribution >= 0.6 is 15.9 Å². The summed E-state index contributed by atoms with van der Waals surface area (Å²) in [6.07, 6.45) is 0. The Labute approximate surface area is 604 Å². The van der Waals surface area contributed by atoms with Gasteiger partial charge in [0.2, 0.25) is 0 Å². The predicted molar refractivity (Wildman–Crippen MR) is 436 cm³/mol. The van der Waals surface area contributed by atoms with Crippen LogP contribution in [0.3, 0.4) is 0 Å². The van der Waals surface area contributed by atoms with E-state index in [9.17, 15) is 0 Å². The Kier molecular flexibility index (Phi) is 16.4. The summed E-state index contributed by atoms with van der Waals surface area (Å²) in [5.41, 5.74) is 25.4. The van der Waals surface area contributed by atoms with Crippen molar-refractivity contribution < 1.29 is 8.83 Å². The van der Waals surface area contributed by atoms with Crippen molar-refractivity contribution in [2.24, 2.45) is 0 Å². The number of nitrogens with one attached hydrogen (secondary N) is 1. The van der Waals surface area contributed by atoms with Gasteiger partial charge in [-0.15, -0.1) is 0 Å². The fourth-order valence-corrected chi connectivity index (χ4v) is 15.3. The van der Waals surface area contributed by atoms with E-state index in [2.05, 4.69) is 393 Å². The second-order valence-corrected chi connectivity index (χ2v) is 26.6. The van der Waals surface area contributed by atoms with Gasteiger partial charge in [0.15, 0.2) is 11.2 Å². The number of rotatable bonds is 11. The minimum atomic E-state index is 0.866. The zero-order valence-corrected chi connectivity index (χ0v) is 57.6. The smallest absolute Gasteiger partial charge is 0.162 e. The molecule has 6 nitrogen and oxygen atoms in total. The Morgan fingerprint density at radius 3 is 0.961 bits per heavy atom. The van der Waals surface area contributed by atoms with Crippen molar-refractivity contribution in [3.05, 3.63) is 393 Å². The van der Waals surface area contributed by atoms with Crippen LogP contribution in [0.5, 0.6) is 0 Å². The van der Waals surface area contributed by atoms with Gasteiger partial charge >= 0.3 is 0 Å². The third kappa shape index (κ3) is 11.7. The number of aromatic nitrogens is 2. The highest BCUT2D eigenvalue weighted by Gasteiger charge is 2.27. The van der Waals surface area contributed by atoms with Gasteiger partial charge in [0.05, 0.1) is 33.1 Å². The Bertz CT molecular complexity index is 6230. The zero-order valence-electron chi connectivity index (χ0n) is 56.0. The van der Waals surface area contributed by atoms with Gasteiger partial charge < -0.3 is 28.2 Å². The van der Waals surface area contributed by atoms with Crippen molar-refractivity contribution in [1.82, 2.24) is 9.13 Å². The number of anilines is 5. The van der Waals surface area contributed by atoms with Crippen molar-refractivity contribution in [2.45, 2.75) is 0 Å².